The number of aromatic nitrogens is 2. The lowest BCUT2D eigenvalue weighted by molar-refractivity contribution is -0.124. The largest absolute Gasteiger partial charge is 0.488 e. The van der Waals surface area contributed by atoms with Gasteiger partial charge in [0.25, 0.3) is 0 Å². The van der Waals surface area contributed by atoms with E-state index in [1.807, 2.05) is 41.8 Å². The van der Waals surface area contributed by atoms with Gasteiger partial charge in [-0.3, -0.25) is 4.79 Å². The summed E-state index contributed by atoms with van der Waals surface area (Å²) < 4.78 is 7.74. The molecule has 1 fully saturated rings. The third-order valence-corrected chi connectivity index (χ3v) is 4.61. The van der Waals surface area contributed by atoms with Gasteiger partial charge < -0.3 is 19.7 Å². The number of carbonyl (C=O) groups excluding carboxylic acids is 1. The van der Waals surface area contributed by atoms with E-state index < -0.39 is 6.10 Å². The zero-order valence-corrected chi connectivity index (χ0v) is 14.5. The Labute approximate surface area is 147 Å². The van der Waals surface area contributed by atoms with Crippen molar-refractivity contribution in [1.29, 1.82) is 0 Å². The molecule has 1 aliphatic carbocycles. The van der Waals surface area contributed by atoms with Crippen molar-refractivity contribution in [1.82, 2.24) is 14.9 Å². The Hall–Kier alpha value is -2.34. The van der Waals surface area contributed by atoms with E-state index in [1.165, 1.54) is 0 Å². The van der Waals surface area contributed by atoms with Gasteiger partial charge in [-0.1, -0.05) is 25.1 Å². The summed E-state index contributed by atoms with van der Waals surface area (Å²) in [5, 5.41) is 13.6. The van der Waals surface area contributed by atoms with Gasteiger partial charge >= 0.3 is 0 Å². The smallest absolute Gasteiger partial charge is 0.240 e. The monoisotopic (exact) mass is 343 g/mol. The fourth-order valence-electron chi connectivity index (χ4n) is 3.31. The van der Waals surface area contributed by atoms with Crippen molar-refractivity contribution in [2.45, 2.75) is 57.4 Å². The predicted molar refractivity (Wildman–Crippen MR) is 94.3 cm³/mol. The summed E-state index contributed by atoms with van der Waals surface area (Å²) in [6.45, 7) is 2.23. The second-order valence-electron chi connectivity index (χ2n) is 6.39. The number of nitrogens with one attached hydrogen (secondary N) is 1. The summed E-state index contributed by atoms with van der Waals surface area (Å²) in [7, 11) is 0. The van der Waals surface area contributed by atoms with Crippen molar-refractivity contribution < 1.29 is 14.6 Å². The third-order valence-electron chi connectivity index (χ3n) is 4.61. The quantitative estimate of drug-likeness (QED) is 0.840. The molecule has 1 amide bonds. The molecular formula is C19H25N3O3. The number of rotatable bonds is 6. The fraction of sp³-hybridized carbons (Fsp3) is 0.474. The molecule has 1 aromatic heterocycles. The summed E-state index contributed by atoms with van der Waals surface area (Å²) >= 11 is 0. The van der Waals surface area contributed by atoms with E-state index in [9.17, 15) is 9.90 Å². The molecule has 134 valence electrons. The van der Waals surface area contributed by atoms with Crippen LogP contribution in [0.4, 0.5) is 0 Å². The minimum absolute atomic E-state index is 0.114. The van der Waals surface area contributed by atoms with Crippen molar-refractivity contribution in [3.63, 3.8) is 0 Å². The molecule has 0 spiro atoms. The van der Waals surface area contributed by atoms with Crippen LogP contribution in [0.25, 0.3) is 0 Å². The van der Waals surface area contributed by atoms with E-state index >= 15 is 0 Å². The number of aliphatic hydroxyl groups is 1. The van der Waals surface area contributed by atoms with Gasteiger partial charge in [-0.05, 0) is 31.4 Å². The van der Waals surface area contributed by atoms with Gasteiger partial charge in [-0.15, -0.1) is 0 Å². The van der Waals surface area contributed by atoms with Crippen LogP contribution in [0, 0.1) is 0 Å². The van der Waals surface area contributed by atoms with E-state index in [1.54, 1.807) is 12.4 Å². The molecular weight excluding hydrogens is 318 g/mol. The first-order valence-electron chi connectivity index (χ1n) is 8.86. The van der Waals surface area contributed by atoms with Crippen LogP contribution in [-0.4, -0.2) is 38.8 Å². The summed E-state index contributed by atoms with van der Waals surface area (Å²) in [6, 6.07) is 9.19. The van der Waals surface area contributed by atoms with Crippen molar-refractivity contribution in [2.75, 3.05) is 0 Å². The maximum Gasteiger partial charge on any atom is 0.240 e. The number of hydrogen-bond donors (Lipinski definition) is 2. The highest BCUT2D eigenvalue weighted by atomic mass is 16.5. The normalized spacial score (nSPS) is 23.2. The predicted octanol–water partition coefficient (Wildman–Crippen LogP) is 1.92. The first-order valence-corrected chi connectivity index (χ1v) is 8.86. The van der Waals surface area contributed by atoms with Crippen molar-refractivity contribution in [3.8, 4) is 5.75 Å². The molecule has 1 aromatic carbocycles. The van der Waals surface area contributed by atoms with Crippen LogP contribution in [0.3, 0.4) is 0 Å². The van der Waals surface area contributed by atoms with E-state index in [2.05, 4.69) is 10.3 Å². The Bertz CT molecular complexity index is 686. The van der Waals surface area contributed by atoms with E-state index in [0.717, 1.165) is 37.3 Å². The third kappa shape index (κ3) is 4.39. The molecule has 0 bridgehead atoms. The van der Waals surface area contributed by atoms with Crippen LogP contribution < -0.4 is 10.1 Å². The Morgan fingerprint density at radius 1 is 1.36 bits per heavy atom. The van der Waals surface area contributed by atoms with Crippen LogP contribution in [-0.2, 0) is 17.8 Å². The minimum atomic E-state index is -0.716. The molecule has 0 saturated heterocycles. The minimum Gasteiger partial charge on any atom is -0.488 e. The SMILES string of the molecule is CCc1nccn1CC(=O)N[C@@H]1CCC[C@@H](Oc2ccccc2)[C@@H]1O. The first-order chi connectivity index (χ1) is 12.2. The lowest BCUT2D eigenvalue weighted by Crippen LogP contribution is -2.53. The van der Waals surface area contributed by atoms with Crippen LogP contribution in [0.2, 0.25) is 0 Å². The zero-order chi connectivity index (χ0) is 17.6. The zero-order valence-electron chi connectivity index (χ0n) is 14.5. The van der Waals surface area contributed by atoms with Gasteiger partial charge in [0, 0.05) is 18.8 Å². The number of nitrogens with zero attached hydrogens (tertiary/aromatic N) is 2. The summed E-state index contributed by atoms with van der Waals surface area (Å²) in [6.07, 6.45) is 5.70. The van der Waals surface area contributed by atoms with Gasteiger partial charge in [0.1, 0.15) is 30.3 Å². The molecule has 6 nitrogen and oxygen atoms in total. The maximum atomic E-state index is 12.3. The lowest BCUT2D eigenvalue weighted by atomic mass is 9.89. The Morgan fingerprint density at radius 3 is 2.92 bits per heavy atom. The average molecular weight is 343 g/mol. The topological polar surface area (TPSA) is 76.4 Å². The van der Waals surface area contributed by atoms with Crippen molar-refractivity contribution in [3.05, 3.63) is 48.5 Å². The summed E-state index contributed by atoms with van der Waals surface area (Å²) in [5.74, 6) is 1.51. The molecule has 0 unspecified atom stereocenters. The van der Waals surface area contributed by atoms with Gasteiger partial charge in [0.15, 0.2) is 0 Å². The number of aryl methyl sites for hydroxylation is 1. The number of para-hydroxylation sites is 1. The highest BCUT2D eigenvalue weighted by Crippen LogP contribution is 2.24. The molecule has 0 radical (unpaired) electrons. The molecule has 25 heavy (non-hydrogen) atoms. The molecule has 2 N–H and O–H groups in total. The summed E-state index contributed by atoms with van der Waals surface area (Å²) in [5.41, 5.74) is 0. The first kappa shape index (κ1) is 17.5. The molecule has 0 aliphatic heterocycles. The summed E-state index contributed by atoms with van der Waals surface area (Å²) in [4.78, 5) is 16.6. The Morgan fingerprint density at radius 2 is 2.16 bits per heavy atom. The molecule has 6 heteroatoms. The van der Waals surface area contributed by atoms with Crippen LogP contribution in [0.5, 0.6) is 5.75 Å². The number of amides is 1. The standard InChI is InChI=1S/C19H25N3O3/c1-2-17-20-11-12-22(17)13-18(23)21-15-9-6-10-16(19(15)24)25-14-7-4-3-5-8-14/h3-5,7-8,11-12,15-16,19,24H,2,6,9-10,13H2,1H3,(H,21,23)/t15-,16-,19-/m1/s1. The molecule has 3 atom stereocenters. The van der Waals surface area contributed by atoms with Crippen molar-refractivity contribution in [2.24, 2.45) is 0 Å². The maximum absolute atomic E-state index is 12.3. The van der Waals surface area contributed by atoms with Gasteiger partial charge in [0.05, 0.1) is 6.04 Å². The number of ether oxygens (including phenoxy) is 1. The van der Waals surface area contributed by atoms with Gasteiger partial charge in [-0.25, -0.2) is 4.98 Å². The second-order valence-corrected chi connectivity index (χ2v) is 6.39. The number of hydrogen-bond acceptors (Lipinski definition) is 4. The fourth-order valence-corrected chi connectivity index (χ4v) is 3.31. The molecule has 1 aliphatic rings. The van der Waals surface area contributed by atoms with E-state index in [0.29, 0.717) is 0 Å². The molecule has 2 aromatic rings. The van der Waals surface area contributed by atoms with E-state index in [4.69, 9.17) is 4.74 Å². The average Bonchev–Trinajstić information content (AvgIpc) is 3.06. The number of imidazole rings is 1. The number of carbonyl (C=O) groups is 1. The highest BCUT2D eigenvalue weighted by molar-refractivity contribution is 5.76. The Kier molecular flexibility index (Phi) is 5.71. The highest BCUT2D eigenvalue weighted by Gasteiger charge is 2.34. The van der Waals surface area contributed by atoms with Crippen molar-refractivity contribution >= 4 is 5.91 Å². The van der Waals surface area contributed by atoms with Crippen LogP contribution in [0.1, 0.15) is 32.0 Å². The number of aliphatic hydroxyl groups excluding tert-OH is 1. The Balaban J connectivity index is 1.57. The van der Waals surface area contributed by atoms with Gasteiger partial charge in [-0.2, -0.15) is 0 Å². The molecule has 1 heterocycles. The van der Waals surface area contributed by atoms with Crippen LogP contribution in [0.15, 0.2) is 42.7 Å². The molecule has 3 rings (SSSR count). The molecule has 1 saturated carbocycles. The van der Waals surface area contributed by atoms with Crippen LogP contribution >= 0.6 is 0 Å². The lowest BCUT2D eigenvalue weighted by Gasteiger charge is -2.35. The number of benzene rings is 1. The van der Waals surface area contributed by atoms with Gasteiger partial charge in [0.2, 0.25) is 5.91 Å². The van der Waals surface area contributed by atoms with E-state index in [-0.39, 0.29) is 24.6 Å². The second kappa shape index (κ2) is 8.16.